The molecule has 0 aliphatic rings. The van der Waals surface area contributed by atoms with Crippen molar-refractivity contribution in [3.8, 4) is 5.75 Å². The first-order valence-electron chi connectivity index (χ1n) is 9.39. The molecule has 1 heterocycles. The summed E-state index contributed by atoms with van der Waals surface area (Å²) in [6.07, 6.45) is 4.94. The zero-order valence-electron chi connectivity index (χ0n) is 16.4. The molecule has 0 aliphatic carbocycles. The van der Waals surface area contributed by atoms with E-state index in [0.717, 1.165) is 42.1 Å². The van der Waals surface area contributed by atoms with Gasteiger partial charge in [0.15, 0.2) is 6.29 Å². The standard InChI is InChI=1S/C21H30N2O3/c1-5-6-7-8-11-23-19-10-9-16(2)14-17(19)20(18(15-24)21(23)25)26-13-12-22(3)4/h9-10,14-15H,5-8,11-13H2,1-4H3. The van der Waals surface area contributed by atoms with Crippen molar-refractivity contribution in [3.63, 3.8) is 0 Å². The van der Waals surface area contributed by atoms with Crippen molar-refractivity contribution in [1.82, 2.24) is 9.47 Å². The van der Waals surface area contributed by atoms with Crippen LogP contribution in [0.3, 0.4) is 0 Å². The summed E-state index contributed by atoms with van der Waals surface area (Å²) in [7, 11) is 3.92. The van der Waals surface area contributed by atoms with Crippen LogP contribution in [0.1, 0.15) is 48.5 Å². The highest BCUT2D eigenvalue weighted by molar-refractivity contribution is 5.94. The summed E-state index contributed by atoms with van der Waals surface area (Å²) in [5.41, 5.74) is 1.77. The van der Waals surface area contributed by atoms with Crippen LogP contribution in [0.5, 0.6) is 5.75 Å². The lowest BCUT2D eigenvalue weighted by Gasteiger charge is -2.18. The molecule has 0 amide bonds. The van der Waals surface area contributed by atoms with Crippen molar-refractivity contribution >= 4 is 17.2 Å². The quantitative estimate of drug-likeness (QED) is 0.481. The van der Waals surface area contributed by atoms with E-state index in [9.17, 15) is 9.59 Å². The van der Waals surface area contributed by atoms with Crippen molar-refractivity contribution in [3.05, 3.63) is 39.7 Å². The third-order valence-electron chi connectivity index (χ3n) is 4.55. The average molecular weight is 358 g/mol. The van der Waals surface area contributed by atoms with Crippen molar-refractivity contribution in [1.29, 1.82) is 0 Å². The van der Waals surface area contributed by atoms with Gasteiger partial charge in [-0.1, -0.05) is 37.8 Å². The molecular weight excluding hydrogens is 328 g/mol. The molecule has 1 aromatic carbocycles. The Balaban J connectivity index is 2.51. The molecule has 5 nitrogen and oxygen atoms in total. The van der Waals surface area contributed by atoms with E-state index in [2.05, 4.69) is 6.92 Å². The lowest BCUT2D eigenvalue weighted by atomic mass is 10.1. The number of aryl methyl sites for hydroxylation is 2. The minimum Gasteiger partial charge on any atom is -0.491 e. The molecule has 0 atom stereocenters. The second-order valence-electron chi connectivity index (χ2n) is 7.05. The lowest BCUT2D eigenvalue weighted by molar-refractivity contribution is 0.111. The van der Waals surface area contributed by atoms with Gasteiger partial charge in [0.1, 0.15) is 17.9 Å². The number of hydrogen-bond donors (Lipinski definition) is 0. The fourth-order valence-electron chi connectivity index (χ4n) is 3.07. The van der Waals surface area contributed by atoms with E-state index in [1.807, 2.05) is 44.1 Å². The number of carbonyl (C=O) groups excluding carboxylic acids is 1. The minimum atomic E-state index is -0.257. The zero-order valence-corrected chi connectivity index (χ0v) is 16.4. The first kappa shape index (κ1) is 20.2. The smallest absolute Gasteiger partial charge is 0.265 e. The van der Waals surface area contributed by atoms with Gasteiger partial charge in [-0.25, -0.2) is 0 Å². The summed E-state index contributed by atoms with van der Waals surface area (Å²) in [6.45, 7) is 5.93. The summed E-state index contributed by atoms with van der Waals surface area (Å²) in [4.78, 5) is 26.6. The third kappa shape index (κ3) is 4.73. The fourth-order valence-corrected chi connectivity index (χ4v) is 3.07. The lowest BCUT2D eigenvalue weighted by Crippen LogP contribution is -2.26. The van der Waals surface area contributed by atoms with Crippen LogP contribution in [0, 0.1) is 6.92 Å². The van der Waals surface area contributed by atoms with Gasteiger partial charge < -0.3 is 14.2 Å². The number of aromatic nitrogens is 1. The van der Waals surface area contributed by atoms with Crippen molar-refractivity contribution in [2.24, 2.45) is 0 Å². The summed E-state index contributed by atoms with van der Waals surface area (Å²) in [5, 5.41) is 0.834. The molecule has 0 bridgehead atoms. The summed E-state index contributed by atoms with van der Waals surface area (Å²) >= 11 is 0. The maximum atomic E-state index is 12.9. The second kappa shape index (κ2) is 9.53. The van der Waals surface area contributed by atoms with Crippen molar-refractivity contribution < 1.29 is 9.53 Å². The monoisotopic (exact) mass is 358 g/mol. The van der Waals surface area contributed by atoms with Crippen molar-refractivity contribution in [2.75, 3.05) is 27.2 Å². The van der Waals surface area contributed by atoms with Gasteiger partial charge in [-0.05, 0) is 39.6 Å². The Kier molecular flexibility index (Phi) is 7.39. The molecular formula is C21H30N2O3. The summed E-state index contributed by atoms with van der Waals surface area (Å²) in [5.74, 6) is 0.412. The maximum absolute atomic E-state index is 12.9. The molecule has 0 radical (unpaired) electrons. The molecule has 0 unspecified atom stereocenters. The van der Waals surface area contributed by atoms with E-state index in [0.29, 0.717) is 31.7 Å². The van der Waals surface area contributed by atoms with Gasteiger partial charge in [0.2, 0.25) is 0 Å². The van der Waals surface area contributed by atoms with E-state index >= 15 is 0 Å². The van der Waals surface area contributed by atoms with E-state index in [-0.39, 0.29) is 11.1 Å². The topological polar surface area (TPSA) is 51.5 Å². The SMILES string of the molecule is CCCCCCn1c(=O)c(C=O)c(OCCN(C)C)c2cc(C)ccc21. The molecule has 2 rings (SSSR count). The van der Waals surface area contributed by atoms with Crippen LogP contribution in [0.25, 0.3) is 10.9 Å². The van der Waals surface area contributed by atoms with E-state index < -0.39 is 0 Å². The molecule has 0 saturated heterocycles. The van der Waals surface area contributed by atoms with Gasteiger partial charge in [0.25, 0.3) is 5.56 Å². The number of ether oxygens (including phenoxy) is 1. The van der Waals surface area contributed by atoms with Gasteiger partial charge in [0, 0.05) is 18.5 Å². The van der Waals surface area contributed by atoms with Crippen LogP contribution in [0.2, 0.25) is 0 Å². The molecule has 0 aliphatic heterocycles. The van der Waals surface area contributed by atoms with Gasteiger partial charge in [-0.15, -0.1) is 0 Å². The number of aldehydes is 1. The fraction of sp³-hybridized carbons (Fsp3) is 0.524. The Bertz CT molecular complexity index is 809. The number of benzene rings is 1. The highest BCUT2D eigenvalue weighted by Gasteiger charge is 2.18. The molecule has 5 heteroatoms. The number of likely N-dealkylation sites (N-methyl/N-ethyl adjacent to an activating group) is 1. The van der Waals surface area contributed by atoms with Crippen LogP contribution in [0.4, 0.5) is 0 Å². The number of rotatable bonds is 10. The Morgan fingerprint density at radius 2 is 1.96 bits per heavy atom. The molecule has 0 spiro atoms. The van der Waals surface area contributed by atoms with E-state index in [1.54, 1.807) is 4.57 Å². The zero-order chi connectivity index (χ0) is 19.1. The molecule has 26 heavy (non-hydrogen) atoms. The van der Waals surface area contributed by atoms with Crippen LogP contribution < -0.4 is 10.3 Å². The highest BCUT2D eigenvalue weighted by Crippen LogP contribution is 2.28. The number of carbonyl (C=O) groups is 1. The molecule has 0 N–H and O–H groups in total. The van der Waals surface area contributed by atoms with Gasteiger partial charge in [-0.3, -0.25) is 9.59 Å². The number of nitrogens with zero attached hydrogens (tertiary/aromatic N) is 2. The minimum absolute atomic E-state index is 0.123. The Morgan fingerprint density at radius 1 is 1.19 bits per heavy atom. The summed E-state index contributed by atoms with van der Waals surface area (Å²) in [6, 6.07) is 5.95. The summed E-state index contributed by atoms with van der Waals surface area (Å²) < 4.78 is 7.63. The largest absolute Gasteiger partial charge is 0.491 e. The Hall–Kier alpha value is -2.14. The molecule has 0 saturated carbocycles. The molecule has 0 fully saturated rings. The van der Waals surface area contributed by atoms with Crippen molar-refractivity contribution in [2.45, 2.75) is 46.1 Å². The predicted octanol–water partition coefficient (Wildman–Crippen LogP) is 3.64. The van der Waals surface area contributed by atoms with Crippen LogP contribution in [-0.2, 0) is 6.54 Å². The third-order valence-corrected chi connectivity index (χ3v) is 4.55. The molecule has 1 aromatic heterocycles. The average Bonchev–Trinajstić information content (AvgIpc) is 2.60. The second-order valence-corrected chi connectivity index (χ2v) is 7.05. The van der Waals surface area contributed by atoms with Crippen LogP contribution >= 0.6 is 0 Å². The van der Waals surface area contributed by atoms with Gasteiger partial charge in [0.05, 0.1) is 5.52 Å². The van der Waals surface area contributed by atoms with Gasteiger partial charge >= 0.3 is 0 Å². The predicted molar refractivity (Wildman–Crippen MR) is 107 cm³/mol. The first-order chi connectivity index (χ1) is 12.5. The number of unbranched alkanes of at least 4 members (excludes halogenated alkanes) is 3. The Morgan fingerprint density at radius 3 is 2.62 bits per heavy atom. The van der Waals surface area contributed by atoms with Gasteiger partial charge in [-0.2, -0.15) is 0 Å². The number of hydrogen-bond acceptors (Lipinski definition) is 4. The first-order valence-corrected chi connectivity index (χ1v) is 9.39. The molecule has 142 valence electrons. The normalized spacial score (nSPS) is 11.3. The van der Waals surface area contributed by atoms with E-state index in [1.165, 1.54) is 0 Å². The van der Waals surface area contributed by atoms with Crippen LogP contribution in [0.15, 0.2) is 23.0 Å². The van der Waals surface area contributed by atoms with E-state index in [4.69, 9.17) is 4.74 Å². The maximum Gasteiger partial charge on any atom is 0.265 e. The van der Waals surface area contributed by atoms with Crippen LogP contribution in [-0.4, -0.2) is 43.0 Å². The highest BCUT2D eigenvalue weighted by atomic mass is 16.5. The Labute approximate surface area is 155 Å². The molecule has 2 aromatic rings. The number of fused-ring (bicyclic) bond motifs is 1. The number of pyridine rings is 1.